The Morgan fingerprint density at radius 2 is 1.94 bits per heavy atom. The summed E-state index contributed by atoms with van der Waals surface area (Å²) >= 11 is 0. The predicted octanol–water partition coefficient (Wildman–Crippen LogP) is 4.66. The average molecular weight is 493 g/mol. The third-order valence-electron chi connectivity index (χ3n) is 5.28. The third-order valence-corrected chi connectivity index (χ3v) is 5.28. The van der Waals surface area contributed by atoms with Crippen LogP contribution >= 0.6 is 0 Å². The fourth-order valence-electron chi connectivity index (χ4n) is 3.30. The molecule has 3 aromatic rings. The zero-order valence-electron chi connectivity index (χ0n) is 18.7. The lowest BCUT2D eigenvalue weighted by Crippen LogP contribution is -2.25. The minimum atomic E-state index is -3.02. The van der Waals surface area contributed by atoms with Gasteiger partial charge in [-0.05, 0) is 50.1 Å². The van der Waals surface area contributed by atoms with Crippen LogP contribution in [0, 0.1) is 17.6 Å². The van der Waals surface area contributed by atoms with E-state index in [2.05, 4.69) is 20.4 Å². The van der Waals surface area contributed by atoms with Gasteiger partial charge < -0.3 is 24.5 Å². The van der Waals surface area contributed by atoms with Crippen molar-refractivity contribution >= 4 is 5.91 Å². The topological polar surface area (TPSA) is 85.6 Å². The number of benzene rings is 2. The van der Waals surface area contributed by atoms with E-state index in [1.165, 1.54) is 24.3 Å². The fraction of sp³-hybridized carbons (Fsp3) is 0.333. The van der Waals surface area contributed by atoms with Crippen molar-refractivity contribution in [2.75, 3.05) is 13.7 Å². The van der Waals surface area contributed by atoms with Gasteiger partial charge in [-0.1, -0.05) is 6.07 Å². The molecule has 0 radical (unpaired) electrons. The van der Waals surface area contributed by atoms with Gasteiger partial charge in [-0.25, -0.2) is 13.8 Å². The number of alkyl halides is 2. The number of hydrogen-bond acceptors (Lipinski definition) is 6. The van der Waals surface area contributed by atoms with E-state index in [0.717, 1.165) is 25.0 Å². The molecule has 1 aromatic heterocycles. The van der Waals surface area contributed by atoms with E-state index in [-0.39, 0.29) is 47.5 Å². The summed E-state index contributed by atoms with van der Waals surface area (Å²) in [7, 11) is 1.65. The normalized spacial score (nSPS) is 13.2. The molecule has 1 aliphatic carbocycles. The van der Waals surface area contributed by atoms with Crippen molar-refractivity contribution in [1.82, 2.24) is 15.6 Å². The molecule has 11 heteroatoms. The highest BCUT2D eigenvalue weighted by atomic mass is 19.3. The van der Waals surface area contributed by atoms with Gasteiger partial charge in [0.2, 0.25) is 5.89 Å². The first-order valence-corrected chi connectivity index (χ1v) is 10.9. The lowest BCUT2D eigenvalue weighted by Gasteiger charge is -2.12. The van der Waals surface area contributed by atoms with Gasteiger partial charge in [-0.2, -0.15) is 8.78 Å². The number of carbonyl (C=O) groups is 1. The van der Waals surface area contributed by atoms with Crippen molar-refractivity contribution in [3.05, 3.63) is 65.1 Å². The molecule has 2 aromatic carbocycles. The molecule has 0 aliphatic heterocycles. The minimum absolute atomic E-state index is 0.0368. The maximum absolute atomic E-state index is 13.9. The van der Waals surface area contributed by atoms with Gasteiger partial charge in [0, 0.05) is 23.7 Å². The molecule has 186 valence electrons. The van der Waals surface area contributed by atoms with Gasteiger partial charge in [0.1, 0.15) is 11.6 Å². The molecule has 4 rings (SSSR count). The van der Waals surface area contributed by atoms with E-state index in [0.29, 0.717) is 18.1 Å². The SMILES string of the molecule is CNCc1oc(-c2ccc(OC(F)F)c(OCC3CC3)c2)nc1C(=O)NCc1ccc(F)cc1F. The molecule has 0 atom stereocenters. The first-order valence-electron chi connectivity index (χ1n) is 10.9. The van der Waals surface area contributed by atoms with Crippen LogP contribution < -0.4 is 20.1 Å². The molecule has 1 fully saturated rings. The summed E-state index contributed by atoms with van der Waals surface area (Å²) in [6.45, 7) is -2.68. The number of halogens is 4. The fourth-order valence-corrected chi connectivity index (χ4v) is 3.30. The van der Waals surface area contributed by atoms with Crippen molar-refractivity contribution in [1.29, 1.82) is 0 Å². The highest BCUT2D eigenvalue weighted by Gasteiger charge is 2.25. The van der Waals surface area contributed by atoms with Crippen LogP contribution in [0.4, 0.5) is 17.6 Å². The molecule has 1 amide bonds. The molecule has 0 bridgehead atoms. The van der Waals surface area contributed by atoms with Crippen LogP contribution in [0.1, 0.15) is 34.7 Å². The summed E-state index contributed by atoms with van der Waals surface area (Å²) in [5.74, 6) is -1.49. The predicted molar refractivity (Wildman–Crippen MR) is 117 cm³/mol. The van der Waals surface area contributed by atoms with Gasteiger partial charge in [-0.3, -0.25) is 4.79 Å². The van der Waals surface area contributed by atoms with Crippen molar-refractivity contribution in [2.45, 2.75) is 32.5 Å². The molecule has 1 saturated carbocycles. The summed E-state index contributed by atoms with van der Waals surface area (Å²) in [5, 5.41) is 5.41. The first kappa shape index (κ1) is 24.5. The minimum Gasteiger partial charge on any atom is -0.489 e. The molecule has 1 heterocycles. The van der Waals surface area contributed by atoms with E-state index in [4.69, 9.17) is 9.15 Å². The Balaban J connectivity index is 1.56. The monoisotopic (exact) mass is 493 g/mol. The van der Waals surface area contributed by atoms with Crippen LogP contribution in [0.5, 0.6) is 11.5 Å². The Labute approximate surface area is 198 Å². The molecule has 2 N–H and O–H groups in total. The Hall–Kier alpha value is -3.60. The molecule has 0 saturated heterocycles. The van der Waals surface area contributed by atoms with Crippen molar-refractivity contribution < 1.29 is 36.2 Å². The van der Waals surface area contributed by atoms with Gasteiger partial charge in [0.25, 0.3) is 5.91 Å². The van der Waals surface area contributed by atoms with Crippen LogP contribution in [0.25, 0.3) is 11.5 Å². The quantitative estimate of drug-likeness (QED) is 0.378. The van der Waals surface area contributed by atoms with Crippen LogP contribution in [0.15, 0.2) is 40.8 Å². The molecular weight excluding hydrogens is 470 g/mol. The standard InChI is InChI=1S/C24H23F4N3O4/c1-29-11-20-21(22(32)30-10-15-4-6-16(25)9-17(15)26)31-23(34-20)14-5-7-18(35-24(27)28)19(8-14)33-12-13-2-3-13/h4-9,13,24,29H,2-3,10-12H2,1H3,(H,30,32). The number of carbonyl (C=O) groups excluding carboxylic acids is 1. The molecule has 1 aliphatic rings. The smallest absolute Gasteiger partial charge is 0.387 e. The maximum Gasteiger partial charge on any atom is 0.387 e. The number of rotatable bonds is 11. The first-order chi connectivity index (χ1) is 16.8. The van der Waals surface area contributed by atoms with E-state index < -0.39 is 24.2 Å². The Morgan fingerprint density at radius 1 is 1.14 bits per heavy atom. The van der Waals surface area contributed by atoms with E-state index in [1.54, 1.807) is 7.05 Å². The van der Waals surface area contributed by atoms with Crippen LogP contribution in [-0.2, 0) is 13.1 Å². The molecule has 35 heavy (non-hydrogen) atoms. The number of oxazole rings is 1. The average Bonchev–Trinajstić information content (AvgIpc) is 3.55. The Bertz CT molecular complexity index is 1200. The third kappa shape index (κ3) is 6.30. The number of nitrogens with zero attached hydrogens (tertiary/aromatic N) is 1. The number of amides is 1. The molecular formula is C24H23F4N3O4. The second kappa shape index (κ2) is 10.8. The lowest BCUT2D eigenvalue weighted by atomic mass is 10.2. The highest BCUT2D eigenvalue weighted by Crippen LogP contribution is 2.36. The number of aromatic nitrogens is 1. The second-order valence-electron chi connectivity index (χ2n) is 8.03. The molecule has 7 nitrogen and oxygen atoms in total. The van der Waals surface area contributed by atoms with Crippen LogP contribution in [0.2, 0.25) is 0 Å². The summed E-state index contributed by atoms with van der Waals surface area (Å²) < 4.78 is 68.6. The number of nitrogens with one attached hydrogen (secondary N) is 2. The van der Waals surface area contributed by atoms with Gasteiger partial charge >= 0.3 is 6.61 Å². The number of hydrogen-bond donors (Lipinski definition) is 2. The van der Waals surface area contributed by atoms with Crippen molar-refractivity contribution in [3.63, 3.8) is 0 Å². The lowest BCUT2D eigenvalue weighted by molar-refractivity contribution is -0.0515. The van der Waals surface area contributed by atoms with E-state index in [9.17, 15) is 22.4 Å². The summed E-state index contributed by atoms with van der Waals surface area (Å²) in [5.41, 5.74) is 0.453. The summed E-state index contributed by atoms with van der Waals surface area (Å²) in [6.07, 6.45) is 2.02. The van der Waals surface area contributed by atoms with Gasteiger partial charge in [-0.15, -0.1) is 0 Å². The van der Waals surface area contributed by atoms with Crippen molar-refractivity contribution in [3.8, 4) is 23.0 Å². The molecule has 0 spiro atoms. The number of ether oxygens (including phenoxy) is 2. The Morgan fingerprint density at radius 3 is 2.63 bits per heavy atom. The van der Waals surface area contributed by atoms with Gasteiger partial charge in [0.05, 0.1) is 13.2 Å². The van der Waals surface area contributed by atoms with Crippen molar-refractivity contribution in [2.24, 2.45) is 5.92 Å². The summed E-state index contributed by atoms with van der Waals surface area (Å²) in [4.78, 5) is 17.0. The van der Waals surface area contributed by atoms with Crippen LogP contribution in [-0.4, -0.2) is 31.2 Å². The van der Waals surface area contributed by atoms with Gasteiger partial charge in [0.15, 0.2) is 23.0 Å². The highest BCUT2D eigenvalue weighted by molar-refractivity contribution is 5.93. The zero-order chi connectivity index (χ0) is 24.9. The van der Waals surface area contributed by atoms with Crippen LogP contribution in [0.3, 0.4) is 0 Å². The largest absolute Gasteiger partial charge is 0.489 e. The zero-order valence-corrected chi connectivity index (χ0v) is 18.7. The van der Waals surface area contributed by atoms with E-state index >= 15 is 0 Å². The van der Waals surface area contributed by atoms with E-state index in [1.807, 2.05) is 0 Å². The maximum atomic E-state index is 13.9. The second-order valence-corrected chi connectivity index (χ2v) is 8.03. The Kier molecular flexibility index (Phi) is 7.54. The summed E-state index contributed by atoms with van der Waals surface area (Å²) in [6, 6.07) is 7.31. The molecule has 0 unspecified atom stereocenters.